The SMILES string of the molecule is CNCC1(CCCSC)CC1. The summed E-state index contributed by atoms with van der Waals surface area (Å²) in [6.07, 6.45) is 7.96. The lowest BCUT2D eigenvalue weighted by Gasteiger charge is -2.13. The molecule has 2 heteroatoms. The van der Waals surface area contributed by atoms with Crippen molar-refractivity contribution in [1.29, 1.82) is 0 Å². The van der Waals surface area contributed by atoms with Crippen LogP contribution in [-0.2, 0) is 0 Å². The van der Waals surface area contributed by atoms with Crippen molar-refractivity contribution in [2.45, 2.75) is 25.7 Å². The molecule has 0 bridgehead atoms. The fourth-order valence-electron chi connectivity index (χ4n) is 1.66. The molecule has 1 saturated carbocycles. The number of thioether (sulfide) groups is 1. The van der Waals surface area contributed by atoms with Gasteiger partial charge >= 0.3 is 0 Å². The molecular weight excluding hydrogens is 154 g/mol. The Morgan fingerprint density at radius 3 is 2.64 bits per heavy atom. The summed E-state index contributed by atoms with van der Waals surface area (Å²) in [7, 11) is 2.06. The largest absolute Gasteiger partial charge is 0.319 e. The lowest BCUT2D eigenvalue weighted by atomic mass is 10.0. The van der Waals surface area contributed by atoms with Crippen molar-refractivity contribution in [3.63, 3.8) is 0 Å². The zero-order valence-corrected chi connectivity index (χ0v) is 8.47. The third kappa shape index (κ3) is 3.04. The molecule has 0 spiro atoms. The van der Waals surface area contributed by atoms with Gasteiger partial charge in [-0.05, 0) is 50.2 Å². The predicted molar refractivity (Wildman–Crippen MR) is 53.2 cm³/mol. The zero-order valence-electron chi connectivity index (χ0n) is 7.65. The molecule has 11 heavy (non-hydrogen) atoms. The second kappa shape index (κ2) is 4.36. The van der Waals surface area contributed by atoms with Crippen LogP contribution in [0.3, 0.4) is 0 Å². The lowest BCUT2D eigenvalue weighted by Crippen LogP contribution is -2.19. The van der Waals surface area contributed by atoms with Gasteiger partial charge in [-0.3, -0.25) is 0 Å². The summed E-state index contributed by atoms with van der Waals surface area (Å²) in [6.45, 7) is 1.24. The van der Waals surface area contributed by atoms with Crippen LogP contribution in [0.4, 0.5) is 0 Å². The number of rotatable bonds is 6. The second-order valence-corrected chi connectivity index (χ2v) is 4.61. The molecule has 0 aliphatic heterocycles. The Labute approximate surface area is 74.3 Å². The Morgan fingerprint density at radius 1 is 1.45 bits per heavy atom. The Bertz CT molecular complexity index is 110. The van der Waals surface area contributed by atoms with E-state index in [0.717, 1.165) is 5.41 Å². The molecular formula is C9H19NS. The van der Waals surface area contributed by atoms with Gasteiger partial charge in [0.25, 0.3) is 0 Å². The summed E-state index contributed by atoms with van der Waals surface area (Å²) in [4.78, 5) is 0. The van der Waals surface area contributed by atoms with Gasteiger partial charge in [0.2, 0.25) is 0 Å². The first kappa shape index (κ1) is 9.40. The summed E-state index contributed by atoms with van der Waals surface area (Å²) in [5.74, 6) is 1.34. The van der Waals surface area contributed by atoms with E-state index in [2.05, 4.69) is 18.6 Å². The zero-order chi connectivity index (χ0) is 8.16. The van der Waals surface area contributed by atoms with Crippen molar-refractivity contribution in [2.75, 3.05) is 25.6 Å². The first-order chi connectivity index (χ1) is 5.33. The van der Waals surface area contributed by atoms with Gasteiger partial charge in [-0.15, -0.1) is 0 Å². The molecule has 66 valence electrons. The lowest BCUT2D eigenvalue weighted by molar-refractivity contribution is 0.440. The smallest absolute Gasteiger partial charge is 0.000481 e. The highest BCUT2D eigenvalue weighted by atomic mass is 32.2. The first-order valence-corrected chi connectivity index (χ1v) is 5.86. The minimum atomic E-state index is 0.727. The summed E-state index contributed by atoms with van der Waals surface area (Å²) in [6, 6.07) is 0. The van der Waals surface area contributed by atoms with Crippen molar-refractivity contribution in [1.82, 2.24) is 5.32 Å². The molecule has 1 N–H and O–H groups in total. The van der Waals surface area contributed by atoms with Gasteiger partial charge in [-0.1, -0.05) is 0 Å². The van der Waals surface area contributed by atoms with E-state index in [1.165, 1.54) is 38.0 Å². The molecule has 1 aliphatic carbocycles. The number of hydrogen-bond acceptors (Lipinski definition) is 2. The Kier molecular flexibility index (Phi) is 3.73. The summed E-state index contributed by atoms with van der Waals surface area (Å²) in [5.41, 5.74) is 0.727. The van der Waals surface area contributed by atoms with Crippen molar-refractivity contribution in [3.05, 3.63) is 0 Å². The van der Waals surface area contributed by atoms with Gasteiger partial charge < -0.3 is 5.32 Å². The van der Waals surface area contributed by atoms with Gasteiger partial charge in [0.05, 0.1) is 0 Å². The predicted octanol–water partition coefficient (Wildman–Crippen LogP) is 2.13. The Hall–Kier alpha value is 0.310. The second-order valence-electron chi connectivity index (χ2n) is 3.63. The molecule has 0 saturated heterocycles. The summed E-state index contributed by atoms with van der Waals surface area (Å²) < 4.78 is 0. The van der Waals surface area contributed by atoms with Crippen LogP contribution in [0.25, 0.3) is 0 Å². The van der Waals surface area contributed by atoms with Crippen molar-refractivity contribution < 1.29 is 0 Å². The fraction of sp³-hybridized carbons (Fsp3) is 1.00. The van der Waals surface area contributed by atoms with Crippen LogP contribution in [0.15, 0.2) is 0 Å². The van der Waals surface area contributed by atoms with Crippen LogP contribution in [0, 0.1) is 5.41 Å². The van der Waals surface area contributed by atoms with E-state index in [4.69, 9.17) is 0 Å². The van der Waals surface area contributed by atoms with Gasteiger partial charge in [0, 0.05) is 6.54 Å². The normalized spacial score (nSPS) is 20.2. The third-order valence-electron chi connectivity index (χ3n) is 2.56. The molecule has 1 nitrogen and oxygen atoms in total. The van der Waals surface area contributed by atoms with Gasteiger partial charge in [0.1, 0.15) is 0 Å². The minimum Gasteiger partial charge on any atom is -0.319 e. The first-order valence-electron chi connectivity index (χ1n) is 4.46. The van der Waals surface area contributed by atoms with E-state index in [1.807, 2.05) is 11.8 Å². The molecule has 0 aromatic carbocycles. The maximum atomic E-state index is 3.29. The minimum absolute atomic E-state index is 0.727. The molecule has 0 unspecified atom stereocenters. The molecule has 0 heterocycles. The highest BCUT2D eigenvalue weighted by Crippen LogP contribution is 2.49. The van der Waals surface area contributed by atoms with Crippen molar-refractivity contribution in [3.8, 4) is 0 Å². The maximum absolute atomic E-state index is 3.29. The molecule has 0 atom stereocenters. The van der Waals surface area contributed by atoms with E-state index in [-0.39, 0.29) is 0 Å². The fourth-order valence-corrected chi connectivity index (χ4v) is 2.09. The van der Waals surface area contributed by atoms with Gasteiger partial charge in [-0.25, -0.2) is 0 Å². The Morgan fingerprint density at radius 2 is 2.18 bits per heavy atom. The van der Waals surface area contributed by atoms with E-state index in [9.17, 15) is 0 Å². The van der Waals surface area contributed by atoms with Crippen LogP contribution >= 0.6 is 11.8 Å². The average Bonchev–Trinajstić information content (AvgIpc) is 2.71. The highest BCUT2D eigenvalue weighted by Gasteiger charge is 2.40. The number of hydrogen-bond donors (Lipinski definition) is 1. The van der Waals surface area contributed by atoms with Crippen molar-refractivity contribution in [2.24, 2.45) is 5.41 Å². The molecule has 0 aromatic rings. The van der Waals surface area contributed by atoms with Crippen LogP contribution in [0.1, 0.15) is 25.7 Å². The van der Waals surface area contributed by atoms with Crippen LogP contribution in [0.5, 0.6) is 0 Å². The number of nitrogens with one attached hydrogen (secondary N) is 1. The molecule has 1 rings (SSSR count). The van der Waals surface area contributed by atoms with Crippen LogP contribution in [-0.4, -0.2) is 25.6 Å². The molecule has 0 aromatic heterocycles. The van der Waals surface area contributed by atoms with Gasteiger partial charge in [0.15, 0.2) is 0 Å². The maximum Gasteiger partial charge on any atom is 0.000481 e. The van der Waals surface area contributed by atoms with E-state index < -0.39 is 0 Å². The third-order valence-corrected chi connectivity index (χ3v) is 3.26. The molecule has 0 amide bonds. The molecule has 1 fully saturated rings. The molecule has 0 radical (unpaired) electrons. The summed E-state index contributed by atoms with van der Waals surface area (Å²) in [5, 5.41) is 3.29. The van der Waals surface area contributed by atoms with E-state index in [1.54, 1.807) is 0 Å². The van der Waals surface area contributed by atoms with Crippen LogP contribution < -0.4 is 5.32 Å². The topological polar surface area (TPSA) is 12.0 Å². The van der Waals surface area contributed by atoms with E-state index in [0.29, 0.717) is 0 Å². The highest BCUT2D eigenvalue weighted by molar-refractivity contribution is 7.98. The quantitative estimate of drug-likeness (QED) is 0.618. The van der Waals surface area contributed by atoms with Crippen LogP contribution in [0.2, 0.25) is 0 Å². The average molecular weight is 173 g/mol. The summed E-state index contributed by atoms with van der Waals surface area (Å²) >= 11 is 1.97. The standard InChI is InChI=1S/C9H19NS/c1-10-8-9(5-6-9)4-3-7-11-2/h10H,3-8H2,1-2H3. The van der Waals surface area contributed by atoms with E-state index >= 15 is 0 Å². The Balaban J connectivity index is 2.04. The van der Waals surface area contributed by atoms with Gasteiger partial charge in [-0.2, -0.15) is 11.8 Å². The molecule has 1 aliphatic rings. The monoisotopic (exact) mass is 173 g/mol. The van der Waals surface area contributed by atoms with Crippen molar-refractivity contribution >= 4 is 11.8 Å².